The zero-order valence-corrected chi connectivity index (χ0v) is 10.2. The maximum Gasteiger partial charge on any atom is 0.285 e. The van der Waals surface area contributed by atoms with Crippen molar-refractivity contribution in [3.8, 4) is 0 Å². The molecule has 0 aliphatic heterocycles. The van der Waals surface area contributed by atoms with Gasteiger partial charge in [-0.1, -0.05) is 0 Å². The van der Waals surface area contributed by atoms with E-state index in [-0.39, 0.29) is 6.04 Å². The molecule has 0 aromatic heterocycles. The predicted octanol–water partition coefficient (Wildman–Crippen LogP) is 2.50. The summed E-state index contributed by atoms with van der Waals surface area (Å²) in [5.74, 6) is -3.26. The molecule has 1 aliphatic carbocycles. The normalized spacial score (nSPS) is 14.9. The van der Waals surface area contributed by atoms with Gasteiger partial charge in [0.05, 0.1) is 11.0 Å². The molecule has 1 aromatic carbocycles. The molecule has 7 heteroatoms. The Kier molecular flexibility index (Phi) is 3.46. The van der Waals surface area contributed by atoms with Crippen molar-refractivity contribution in [2.75, 3.05) is 7.05 Å². The first-order valence-electron chi connectivity index (χ1n) is 5.82. The highest BCUT2D eigenvalue weighted by molar-refractivity contribution is 5.98. The molecule has 1 saturated carbocycles. The molecule has 0 saturated heterocycles. The summed E-state index contributed by atoms with van der Waals surface area (Å²) >= 11 is 0. The smallest absolute Gasteiger partial charge is 0.285 e. The third-order valence-electron chi connectivity index (χ3n) is 3.41. The number of nitro benzene ring substituents is 1. The summed E-state index contributed by atoms with van der Waals surface area (Å²) in [6, 6.07) is 1.04. The standard InChI is InChI=1S/C12H12F2N2O3/c1-15(7-3-2-4-7)12(17)8-5-9(13)10(14)6-11(8)16(18)19/h5-7H,2-4H2,1H3. The van der Waals surface area contributed by atoms with Gasteiger partial charge in [-0.05, 0) is 25.3 Å². The number of carbonyl (C=O) groups is 1. The van der Waals surface area contributed by atoms with Gasteiger partial charge in [-0.25, -0.2) is 8.78 Å². The van der Waals surface area contributed by atoms with Crippen LogP contribution >= 0.6 is 0 Å². The van der Waals surface area contributed by atoms with E-state index in [1.165, 1.54) is 11.9 Å². The molecule has 0 bridgehead atoms. The van der Waals surface area contributed by atoms with Crippen LogP contribution in [0.3, 0.4) is 0 Å². The molecule has 1 amide bonds. The lowest BCUT2D eigenvalue weighted by molar-refractivity contribution is -0.385. The zero-order chi connectivity index (χ0) is 14.2. The molecule has 0 unspecified atom stereocenters. The molecular weight excluding hydrogens is 258 g/mol. The van der Waals surface area contributed by atoms with E-state index in [4.69, 9.17) is 0 Å². The summed E-state index contributed by atoms with van der Waals surface area (Å²) in [7, 11) is 1.51. The number of hydrogen-bond acceptors (Lipinski definition) is 3. The molecule has 1 fully saturated rings. The van der Waals surface area contributed by atoms with Crippen LogP contribution in [0.25, 0.3) is 0 Å². The van der Waals surface area contributed by atoms with E-state index in [9.17, 15) is 23.7 Å². The highest BCUT2D eigenvalue weighted by Gasteiger charge is 2.31. The van der Waals surface area contributed by atoms with Crippen LogP contribution in [0, 0.1) is 21.7 Å². The van der Waals surface area contributed by atoms with Crippen LogP contribution in [-0.4, -0.2) is 28.8 Å². The first-order chi connectivity index (χ1) is 8.91. The van der Waals surface area contributed by atoms with Crippen molar-refractivity contribution >= 4 is 11.6 Å². The fraction of sp³-hybridized carbons (Fsp3) is 0.417. The minimum absolute atomic E-state index is 0.0141. The number of amides is 1. The second-order valence-corrected chi connectivity index (χ2v) is 4.54. The van der Waals surface area contributed by atoms with E-state index >= 15 is 0 Å². The van der Waals surface area contributed by atoms with Gasteiger partial charge in [-0.3, -0.25) is 14.9 Å². The maximum absolute atomic E-state index is 13.2. The van der Waals surface area contributed by atoms with Gasteiger partial charge in [-0.2, -0.15) is 0 Å². The first kappa shape index (κ1) is 13.4. The predicted molar refractivity (Wildman–Crippen MR) is 62.7 cm³/mol. The summed E-state index contributed by atoms with van der Waals surface area (Å²) in [5.41, 5.74) is -1.13. The molecule has 0 spiro atoms. The van der Waals surface area contributed by atoms with Gasteiger partial charge in [0.1, 0.15) is 5.56 Å². The quantitative estimate of drug-likeness (QED) is 0.626. The van der Waals surface area contributed by atoms with Crippen LogP contribution in [0.4, 0.5) is 14.5 Å². The Labute approximate surface area is 108 Å². The van der Waals surface area contributed by atoms with Gasteiger partial charge in [-0.15, -0.1) is 0 Å². The van der Waals surface area contributed by atoms with Crippen LogP contribution in [0.5, 0.6) is 0 Å². The molecule has 2 rings (SSSR count). The minimum atomic E-state index is -1.34. The van der Waals surface area contributed by atoms with Crippen LogP contribution in [-0.2, 0) is 0 Å². The summed E-state index contributed by atoms with van der Waals surface area (Å²) < 4.78 is 26.2. The summed E-state index contributed by atoms with van der Waals surface area (Å²) in [5, 5.41) is 10.8. The molecule has 1 aliphatic rings. The summed E-state index contributed by atoms with van der Waals surface area (Å²) in [4.78, 5) is 23.4. The van der Waals surface area contributed by atoms with Crippen LogP contribution in [0.2, 0.25) is 0 Å². The third-order valence-corrected chi connectivity index (χ3v) is 3.41. The Balaban J connectivity index is 2.39. The zero-order valence-electron chi connectivity index (χ0n) is 10.2. The summed E-state index contributed by atoms with van der Waals surface area (Å²) in [6.07, 6.45) is 2.63. The van der Waals surface area contributed by atoms with E-state index < -0.39 is 33.7 Å². The van der Waals surface area contributed by atoms with E-state index in [1.807, 2.05) is 0 Å². The lowest BCUT2D eigenvalue weighted by Crippen LogP contribution is -2.41. The van der Waals surface area contributed by atoms with Gasteiger partial charge >= 0.3 is 0 Å². The Morgan fingerprint density at radius 1 is 1.37 bits per heavy atom. The SMILES string of the molecule is CN(C(=O)c1cc(F)c(F)cc1[N+](=O)[O-])C1CCC1. The largest absolute Gasteiger partial charge is 0.339 e. The molecule has 19 heavy (non-hydrogen) atoms. The lowest BCUT2D eigenvalue weighted by atomic mass is 9.91. The van der Waals surface area contributed by atoms with E-state index in [0.29, 0.717) is 12.1 Å². The van der Waals surface area contributed by atoms with E-state index in [0.717, 1.165) is 19.3 Å². The second kappa shape index (κ2) is 4.91. The Morgan fingerprint density at radius 3 is 2.42 bits per heavy atom. The van der Waals surface area contributed by atoms with Crippen LogP contribution in [0.15, 0.2) is 12.1 Å². The molecule has 0 radical (unpaired) electrons. The van der Waals surface area contributed by atoms with Gasteiger partial charge in [0.2, 0.25) is 0 Å². The molecular formula is C12H12F2N2O3. The van der Waals surface area contributed by atoms with Crippen molar-refractivity contribution < 1.29 is 18.5 Å². The van der Waals surface area contributed by atoms with Crippen molar-refractivity contribution in [3.63, 3.8) is 0 Å². The number of rotatable bonds is 3. The van der Waals surface area contributed by atoms with Gasteiger partial charge in [0.15, 0.2) is 11.6 Å². The van der Waals surface area contributed by atoms with Crippen LogP contribution < -0.4 is 0 Å². The van der Waals surface area contributed by atoms with Gasteiger partial charge in [0.25, 0.3) is 11.6 Å². The molecule has 102 valence electrons. The van der Waals surface area contributed by atoms with E-state index in [1.54, 1.807) is 0 Å². The van der Waals surface area contributed by atoms with Gasteiger partial charge in [0, 0.05) is 13.1 Å². The monoisotopic (exact) mass is 270 g/mol. The molecule has 0 atom stereocenters. The first-order valence-corrected chi connectivity index (χ1v) is 5.82. The average Bonchev–Trinajstić information content (AvgIpc) is 2.28. The lowest BCUT2D eigenvalue weighted by Gasteiger charge is -2.34. The van der Waals surface area contributed by atoms with Crippen molar-refractivity contribution in [3.05, 3.63) is 39.4 Å². The number of nitrogens with zero attached hydrogens (tertiary/aromatic N) is 2. The highest BCUT2D eigenvalue weighted by Crippen LogP contribution is 2.28. The number of nitro groups is 1. The Morgan fingerprint density at radius 2 is 1.95 bits per heavy atom. The highest BCUT2D eigenvalue weighted by atomic mass is 19.2. The van der Waals surface area contributed by atoms with Crippen LogP contribution in [0.1, 0.15) is 29.6 Å². The number of carbonyl (C=O) groups excluding carboxylic acids is 1. The van der Waals surface area contributed by atoms with Gasteiger partial charge < -0.3 is 4.90 Å². The van der Waals surface area contributed by atoms with Crippen molar-refractivity contribution in [1.29, 1.82) is 0 Å². The Hall–Kier alpha value is -2.05. The minimum Gasteiger partial charge on any atom is -0.339 e. The fourth-order valence-corrected chi connectivity index (χ4v) is 1.99. The summed E-state index contributed by atoms with van der Waals surface area (Å²) in [6.45, 7) is 0. The number of halogens is 2. The fourth-order valence-electron chi connectivity index (χ4n) is 1.99. The second-order valence-electron chi connectivity index (χ2n) is 4.54. The Bertz CT molecular complexity index is 544. The maximum atomic E-state index is 13.2. The molecule has 0 N–H and O–H groups in total. The third kappa shape index (κ3) is 2.40. The average molecular weight is 270 g/mol. The van der Waals surface area contributed by atoms with Crippen molar-refractivity contribution in [1.82, 2.24) is 4.90 Å². The van der Waals surface area contributed by atoms with Crippen molar-refractivity contribution in [2.45, 2.75) is 25.3 Å². The number of benzene rings is 1. The van der Waals surface area contributed by atoms with E-state index in [2.05, 4.69) is 0 Å². The topological polar surface area (TPSA) is 63.5 Å². The van der Waals surface area contributed by atoms with Crippen molar-refractivity contribution in [2.24, 2.45) is 0 Å². The molecule has 5 nitrogen and oxygen atoms in total. The number of hydrogen-bond donors (Lipinski definition) is 0. The molecule has 1 aromatic rings. The molecule has 0 heterocycles.